The number of para-hydroxylation sites is 1. The Kier molecular flexibility index (Phi) is 8.77. The molecule has 62 heavy (non-hydrogen) atoms. The van der Waals surface area contributed by atoms with E-state index < -0.39 is 6.17 Å². The Labute approximate surface area is 361 Å². The Balaban J connectivity index is 1.04. The van der Waals surface area contributed by atoms with Crippen LogP contribution in [0, 0.1) is 0 Å². The van der Waals surface area contributed by atoms with E-state index >= 15 is 0 Å². The van der Waals surface area contributed by atoms with Crippen molar-refractivity contribution in [3.8, 4) is 22.3 Å². The van der Waals surface area contributed by atoms with Crippen LogP contribution in [0.4, 0.5) is 5.69 Å². The van der Waals surface area contributed by atoms with Crippen molar-refractivity contribution in [2.45, 2.75) is 25.0 Å². The molecule has 8 aromatic carbocycles. The van der Waals surface area contributed by atoms with E-state index in [0.717, 1.165) is 70.1 Å². The first-order chi connectivity index (χ1) is 30.7. The molecule has 8 aromatic rings. The van der Waals surface area contributed by atoms with Crippen molar-refractivity contribution in [1.29, 1.82) is 0 Å². The van der Waals surface area contributed by atoms with Crippen molar-refractivity contribution in [3.05, 3.63) is 233 Å². The highest BCUT2D eigenvalue weighted by Crippen LogP contribution is 2.48. The SMILES string of the molecule is C1=Cc2ccc(C3=NC(c4cc(C5=CNCC=C5)cc(-c5cccc6c7c(ccc56)C(c5ccccc5)Nc5ccccc5-7)c4)N=C(c4ccc5ccccc5c4)N3)cc2CC1. The third-order valence-electron chi connectivity index (χ3n) is 12.8. The summed E-state index contributed by atoms with van der Waals surface area (Å²) >= 11 is 0. The fraction of sp³-hybridized carbons (Fsp3) is 0.0877. The van der Waals surface area contributed by atoms with Gasteiger partial charge in [0.05, 0.1) is 6.04 Å². The Morgan fingerprint density at radius 1 is 0.532 bits per heavy atom. The number of rotatable bonds is 6. The topological polar surface area (TPSA) is 60.8 Å². The van der Waals surface area contributed by atoms with Gasteiger partial charge in [-0.1, -0.05) is 152 Å². The predicted molar refractivity (Wildman–Crippen MR) is 259 cm³/mol. The van der Waals surface area contributed by atoms with Crippen molar-refractivity contribution in [3.63, 3.8) is 0 Å². The van der Waals surface area contributed by atoms with Crippen molar-refractivity contribution >= 4 is 50.6 Å². The Bertz CT molecular complexity index is 3260. The number of hydrogen-bond donors (Lipinski definition) is 3. The molecule has 5 nitrogen and oxygen atoms in total. The van der Waals surface area contributed by atoms with Gasteiger partial charge in [-0.2, -0.15) is 0 Å². The summed E-state index contributed by atoms with van der Waals surface area (Å²) in [4.78, 5) is 10.9. The van der Waals surface area contributed by atoms with Crippen LogP contribution in [0.3, 0.4) is 0 Å². The highest BCUT2D eigenvalue weighted by atomic mass is 15.2. The van der Waals surface area contributed by atoms with Crippen LogP contribution in [0.25, 0.3) is 55.4 Å². The molecule has 5 heteroatoms. The number of dihydropyridines is 1. The van der Waals surface area contributed by atoms with E-state index in [2.05, 4.69) is 210 Å². The summed E-state index contributed by atoms with van der Waals surface area (Å²) in [5.74, 6) is 1.64. The molecule has 296 valence electrons. The molecule has 2 unspecified atom stereocenters. The fourth-order valence-electron chi connectivity index (χ4n) is 9.72. The lowest BCUT2D eigenvalue weighted by Gasteiger charge is -2.31. The van der Waals surface area contributed by atoms with Crippen LogP contribution in [0.1, 0.15) is 63.1 Å². The number of amidine groups is 2. The van der Waals surface area contributed by atoms with E-state index in [0.29, 0.717) is 0 Å². The van der Waals surface area contributed by atoms with E-state index in [1.54, 1.807) is 0 Å². The average Bonchev–Trinajstić information content (AvgIpc) is 3.35. The summed E-state index contributed by atoms with van der Waals surface area (Å²) in [5.41, 5.74) is 16.5. The maximum atomic E-state index is 5.45. The van der Waals surface area contributed by atoms with Gasteiger partial charge in [0.1, 0.15) is 11.7 Å². The van der Waals surface area contributed by atoms with Gasteiger partial charge >= 0.3 is 0 Å². The highest BCUT2D eigenvalue weighted by molar-refractivity contribution is 6.17. The normalized spacial score (nSPS) is 17.4. The molecular formula is C57H43N5. The lowest BCUT2D eigenvalue weighted by atomic mass is 9.82. The van der Waals surface area contributed by atoms with Gasteiger partial charge < -0.3 is 16.0 Å². The number of aryl methyl sites for hydroxylation is 1. The van der Waals surface area contributed by atoms with Crippen molar-refractivity contribution in [1.82, 2.24) is 10.6 Å². The van der Waals surface area contributed by atoms with E-state index in [-0.39, 0.29) is 6.04 Å². The number of aliphatic imine (C=N–C) groups is 2. The highest BCUT2D eigenvalue weighted by Gasteiger charge is 2.28. The third-order valence-corrected chi connectivity index (χ3v) is 12.8. The summed E-state index contributed by atoms with van der Waals surface area (Å²) in [6, 6.07) is 59.7. The van der Waals surface area contributed by atoms with Crippen molar-refractivity contribution in [2.24, 2.45) is 9.98 Å². The number of benzene rings is 8. The molecule has 0 aromatic heterocycles. The Morgan fingerprint density at radius 3 is 2.21 bits per heavy atom. The summed E-state index contributed by atoms with van der Waals surface area (Å²) in [5, 5.41) is 15.9. The Morgan fingerprint density at radius 2 is 1.32 bits per heavy atom. The minimum atomic E-state index is -0.490. The van der Waals surface area contributed by atoms with Crippen LogP contribution >= 0.6 is 0 Å². The molecule has 3 N–H and O–H groups in total. The zero-order valence-corrected chi connectivity index (χ0v) is 34.1. The molecule has 3 heterocycles. The first kappa shape index (κ1) is 36.1. The van der Waals surface area contributed by atoms with Crippen molar-refractivity contribution in [2.75, 3.05) is 11.9 Å². The molecule has 12 rings (SSSR count). The predicted octanol–water partition coefficient (Wildman–Crippen LogP) is 12.8. The van der Waals surface area contributed by atoms with Crippen LogP contribution < -0.4 is 16.0 Å². The standard InChI is InChI=1S/C57H43N5/c1-2-14-38(15-3-1)54-51-28-27-48-47(20-10-21-49(48)53(51)50-19-8-9-22-52(50)59-54)45-32-44(43-18-11-29-58-35-43)33-46(34-45)57-61-55(41-25-23-36-12-4-6-16-39(36)30-41)60-56(62-57)42-26-24-37-13-5-7-17-40(37)31-42/h1-6,8-16,18-28,30-35,54,57-59H,7,17,29H2,(H,60,61,62). The van der Waals surface area contributed by atoms with E-state index in [4.69, 9.17) is 9.98 Å². The number of anilines is 1. The number of fused-ring (bicyclic) bond motifs is 7. The molecule has 0 spiro atoms. The van der Waals surface area contributed by atoms with Gasteiger partial charge in [0.2, 0.25) is 0 Å². The second kappa shape index (κ2) is 15.1. The largest absolute Gasteiger partial charge is 0.387 e. The quantitative estimate of drug-likeness (QED) is 0.157. The molecule has 2 atom stereocenters. The van der Waals surface area contributed by atoms with Gasteiger partial charge in [-0.05, 0) is 126 Å². The second-order valence-electron chi connectivity index (χ2n) is 16.6. The monoisotopic (exact) mass is 797 g/mol. The van der Waals surface area contributed by atoms with Gasteiger partial charge in [0.15, 0.2) is 6.17 Å². The molecule has 4 aliphatic rings. The van der Waals surface area contributed by atoms with E-state index in [1.165, 1.54) is 60.5 Å². The van der Waals surface area contributed by atoms with Crippen LogP contribution in [-0.2, 0) is 6.42 Å². The van der Waals surface area contributed by atoms with Gasteiger partial charge in [-0.15, -0.1) is 0 Å². The Hall–Kier alpha value is -7.76. The van der Waals surface area contributed by atoms with E-state index in [9.17, 15) is 0 Å². The van der Waals surface area contributed by atoms with E-state index in [1.807, 2.05) is 0 Å². The first-order valence-electron chi connectivity index (χ1n) is 21.6. The zero-order valence-electron chi connectivity index (χ0n) is 34.1. The first-order valence-corrected chi connectivity index (χ1v) is 21.6. The molecule has 0 bridgehead atoms. The van der Waals surface area contributed by atoms with Gasteiger partial charge in [0, 0.05) is 35.1 Å². The molecule has 0 saturated heterocycles. The number of hydrogen-bond acceptors (Lipinski definition) is 5. The summed E-state index contributed by atoms with van der Waals surface area (Å²) < 4.78 is 0. The number of allylic oxidation sites excluding steroid dienone is 3. The fourth-order valence-corrected chi connectivity index (χ4v) is 9.72. The molecule has 1 aliphatic carbocycles. The van der Waals surface area contributed by atoms with Gasteiger partial charge in [-0.25, -0.2) is 9.98 Å². The maximum Gasteiger partial charge on any atom is 0.169 e. The minimum absolute atomic E-state index is 0.0369. The molecule has 3 aliphatic heterocycles. The summed E-state index contributed by atoms with van der Waals surface area (Å²) in [6.07, 6.45) is 12.6. The minimum Gasteiger partial charge on any atom is -0.387 e. The average molecular weight is 798 g/mol. The smallest absolute Gasteiger partial charge is 0.169 e. The van der Waals surface area contributed by atoms with Gasteiger partial charge in [-0.3, -0.25) is 0 Å². The molecule has 0 amide bonds. The molecule has 0 saturated carbocycles. The third kappa shape index (κ3) is 6.41. The van der Waals surface area contributed by atoms with Crippen LogP contribution in [0.15, 0.2) is 198 Å². The van der Waals surface area contributed by atoms with Gasteiger partial charge in [0.25, 0.3) is 0 Å². The lowest BCUT2D eigenvalue weighted by molar-refractivity contribution is 0.755. The molecular weight excluding hydrogens is 755 g/mol. The molecule has 0 radical (unpaired) electrons. The number of nitrogens with zero attached hydrogens (tertiary/aromatic N) is 2. The number of nitrogens with one attached hydrogen (secondary N) is 3. The summed E-state index contributed by atoms with van der Waals surface area (Å²) in [7, 11) is 0. The van der Waals surface area contributed by atoms with Crippen LogP contribution in [0.5, 0.6) is 0 Å². The maximum absolute atomic E-state index is 5.45. The molecule has 0 fully saturated rings. The van der Waals surface area contributed by atoms with Crippen LogP contribution in [0.2, 0.25) is 0 Å². The zero-order chi connectivity index (χ0) is 41.0. The second-order valence-corrected chi connectivity index (χ2v) is 16.6. The van der Waals surface area contributed by atoms with Crippen molar-refractivity contribution < 1.29 is 0 Å². The summed E-state index contributed by atoms with van der Waals surface area (Å²) in [6.45, 7) is 0.808. The van der Waals surface area contributed by atoms with Crippen LogP contribution in [-0.4, -0.2) is 18.2 Å². The lowest BCUT2D eigenvalue weighted by Crippen LogP contribution is -2.36.